The summed E-state index contributed by atoms with van der Waals surface area (Å²) in [6, 6.07) is 18.4. The number of pyridine rings is 1. The van der Waals surface area contributed by atoms with Gasteiger partial charge in [-0.05, 0) is 50.5 Å². The van der Waals surface area contributed by atoms with Gasteiger partial charge in [-0.15, -0.1) is 11.3 Å². The fourth-order valence-corrected chi connectivity index (χ4v) is 4.73. The van der Waals surface area contributed by atoms with Gasteiger partial charge in [0.1, 0.15) is 5.15 Å². The van der Waals surface area contributed by atoms with Crippen molar-refractivity contribution in [3.8, 4) is 0 Å². The van der Waals surface area contributed by atoms with Gasteiger partial charge in [-0.1, -0.05) is 53.6 Å². The highest BCUT2D eigenvalue weighted by Gasteiger charge is 2.17. The van der Waals surface area contributed by atoms with Crippen LogP contribution in [0.1, 0.15) is 34.1 Å². The standard InChI is InChI=1S/C23H21ClN2OS/c1-14-8-11-19-17(12-14)21-18(22(24)26-19)13-20(28-21)23(27)25-15(2)9-10-16-6-4-3-5-7-16/h3-8,11-13,15H,9-10H2,1-2H3,(H,25,27)/t15-/m0/s1. The Hall–Kier alpha value is -2.43. The highest BCUT2D eigenvalue weighted by Crippen LogP contribution is 2.36. The lowest BCUT2D eigenvalue weighted by Gasteiger charge is -2.13. The first-order chi connectivity index (χ1) is 13.5. The number of thiophene rings is 1. The molecule has 0 aliphatic heterocycles. The van der Waals surface area contributed by atoms with E-state index in [4.69, 9.17) is 11.6 Å². The maximum atomic E-state index is 12.8. The number of nitrogens with zero attached hydrogens (tertiary/aromatic N) is 1. The Morgan fingerprint density at radius 1 is 1.14 bits per heavy atom. The van der Waals surface area contributed by atoms with Crippen molar-refractivity contribution in [1.82, 2.24) is 10.3 Å². The van der Waals surface area contributed by atoms with Gasteiger partial charge in [0.2, 0.25) is 0 Å². The molecule has 0 saturated carbocycles. The highest BCUT2D eigenvalue weighted by atomic mass is 35.5. The number of carbonyl (C=O) groups excluding carboxylic acids is 1. The van der Waals surface area contributed by atoms with E-state index in [0.717, 1.165) is 39.4 Å². The van der Waals surface area contributed by atoms with Crippen molar-refractivity contribution in [1.29, 1.82) is 0 Å². The van der Waals surface area contributed by atoms with Gasteiger partial charge in [-0.2, -0.15) is 0 Å². The van der Waals surface area contributed by atoms with E-state index >= 15 is 0 Å². The Morgan fingerprint density at radius 3 is 2.71 bits per heavy atom. The van der Waals surface area contributed by atoms with Crippen LogP contribution in [0.3, 0.4) is 0 Å². The Labute approximate surface area is 173 Å². The van der Waals surface area contributed by atoms with Gasteiger partial charge in [0.05, 0.1) is 10.4 Å². The Balaban J connectivity index is 1.55. The maximum absolute atomic E-state index is 12.8. The number of amides is 1. The van der Waals surface area contributed by atoms with E-state index in [1.165, 1.54) is 16.9 Å². The molecule has 0 saturated heterocycles. The van der Waals surface area contributed by atoms with Crippen molar-refractivity contribution >= 4 is 49.8 Å². The summed E-state index contributed by atoms with van der Waals surface area (Å²) in [6.07, 6.45) is 1.83. The molecule has 0 fully saturated rings. The van der Waals surface area contributed by atoms with Gasteiger partial charge >= 0.3 is 0 Å². The normalized spacial score (nSPS) is 12.4. The van der Waals surface area contributed by atoms with Crippen LogP contribution in [-0.4, -0.2) is 16.9 Å². The zero-order valence-corrected chi connectivity index (χ0v) is 17.4. The van der Waals surface area contributed by atoms with E-state index in [9.17, 15) is 4.79 Å². The summed E-state index contributed by atoms with van der Waals surface area (Å²) in [5, 5.41) is 5.44. The molecule has 142 valence electrons. The molecule has 2 aromatic carbocycles. The number of aromatic nitrogens is 1. The minimum absolute atomic E-state index is 0.0568. The second kappa shape index (κ2) is 7.90. The number of carbonyl (C=O) groups is 1. The van der Waals surface area contributed by atoms with Crippen molar-refractivity contribution in [2.75, 3.05) is 0 Å². The summed E-state index contributed by atoms with van der Waals surface area (Å²) in [5.41, 5.74) is 3.30. The van der Waals surface area contributed by atoms with Gasteiger partial charge in [0.25, 0.3) is 5.91 Å². The van der Waals surface area contributed by atoms with Gasteiger partial charge in [0, 0.05) is 21.5 Å². The lowest BCUT2D eigenvalue weighted by molar-refractivity contribution is 0.0942. The molecule has 4 aromatic rings. The molecule has 2 aromatic heterocycles. The van der Waals surface area contributed by atoms with E-state index in [1.807, 2.05) is 43.3 Å². The minimum Gasteiger partial charge on any atom is -0.349 e. The van der Waals surface area contributed by atoms with Crippen LogP contribution in [0.15, 0.2) is 54.6 Å². The molecule has 0 spiro atoms. The number of hydrogen-bond acceptors (Lipinski definition) is 3. The van der Waals surface area contributed by atoms with Crippen molar-refractivity contribution in [2.24, 2.45) is 0 Å². The topological polar surface area (TPSA) is 42.0 Å². The molecule has 1 amide bonds. The molecule has 0 bridgehead atoms. The Morgan fingerprint density at radius 2 is 1.93 bits per heavy atom. The molecule has 0 unspecified atom stereocenters. The van der Waals surface area contributed by atoms with E-state index in [1.54, 1.807) is 0 Å². The fourth-order valence-electron chi connectivity index (χ4n) is 3.35. The molecule has 0 aliphatic rings. The molecule has 4 rings (SSSR count). The molecule has 2 heterocycles. The third-order valence-corrected chi connectivity index (χ3v) is 6.33. The van der Waals surface area contributed by atoms with Crippen LogP contribution in [0.5, 0.6) is 0 Å². The SMILES string of the molecule is Cc1ccc2nc(Cl)c3cc(C(=O)N[C@@H](C)CCc4ccccc4)sc3c2c1. The van der Waals surface area contributed by atoms with Gasteiger partial charge in [0.15, 0.2) is 0 Å². The van der Waals surface area contributed by atoms with Crippen LogP contribution in [0, 0.1) is 6.92 Å². The van der Waals surface area contributed by atoms with Gasteiger partial charge < -0.3 is 5.32 Å². The number of rotatable bonds is 5. The Bertz CT molecular complexity index is 1150. The van der Waals surface area contributed by atoms with Gasteiger partial charge in [-0.25, -0.2) is 4.98 Å². The molecule has 1 N–H and O–H groups in total. The molecule has 28 heavy (non-hydrogen) atoms. The minimum atomic E-state index is -0.0568. The second-order valence-corrected chi connectivity index (χ2v) is 8.59. The summed E-state index contributed by atoms with van der Waals surface area (Å²) >= 11 is 7.86. The monoisotopic (exact) mass is 408 g/mol. The van der Waals surface area contributed by atoms with Crippen molar-refractivity contribution < 1.29 is 4.79 Å². The fraction of sp³-hybridized carbons (Fsp3) is 0.217. The number of hydrogen-bond donors (Lipinski definition) is 1. The predicted molar refractivity (Wildman–Crippen MR) is 119 cm³/mol. The highest BCUT2D eigenvalue weighted by molar-refractivity contribution is 7.21. The molecule has 1 atom stereocenters. The molecular weight excluding hydrogens is 388 g/mol. The summed E-state index contributed by atoms with van der Waals surface area (Å²) < 4.78 is 1.01. The van der Waals surface area contributed by atoms with Crippen LogP contribution in [0.25, 0.3) is 21.0 Å². The Kier molecular flexibility index (Phi) is 5.33. The predicted octanol–water partition coefficient (Wildman–Crippen LogP) is 6.16. The lowest BCUT2D eigenvalue weighted by Crippen LogP contribution is -2.32. The molecular formula is C23H21ClN2OS. The van der Waals surface area contributed by atoms with Crippen LogP contribution >= 0.6 is 22.9 Å². The molecule has 0 radical (unpaired) electrons. The van der Waals surface area contributed by atoms with Crippen molar-refractivity contribution in [2.45, 2.75) is 32.7 Å². The summed E-state index contributed by atoms with van der Waals surface area (Å²) in [5.74, 6) is -0.0568. The van der Waals surface area contributed by atoms with Gasteiger partial charge in [-0.3, -0.25) is 4.79 Å². The largest absolute Gasteiger partial charge is 0.349 e. The van der Waals surface area contributed by atoms with Crippen LogP contribution in [0.4, 0.5) is 0 Å². The average molecular weight is 409 g/mol. The molecule has 0 aliphatic carbocycles. The number of benzene rings is 2. The van der Waals surface area contributed by atoms with E-state index in [0.29, 0.717) is 10.0 Å². The third kappa shape index (κ3) is 3.89. The average Bonchev–Trinajstić information content (AvgIpc) is 3.15. The second-order valence-electron chi connectivity index (χ2n) is 7.18. The number of fused-ring (bicyclic) bond motifs is 3. The van der Waals surface area contributed by atoms with E-state index in [-0.39, 0.29) is 11.9 Å². The zero-order valence-electron chi connectivity index (χ0n) is 15.8. The van der Waals surface area contributed by atoms with Crippen LogP contribution in [-0.2, 0) is 6.42 Å². The molecule has 3 nitrogen and oxygen atoms in total. The quantitative estimate of drug-likeness (QED) is 0.401. The first-order valence-corrected chi connectivity index (χ1v) is 10.5. The maximum Gasteiger partial charge on any atom is 0.261 e. The molecule has 5 heteroatoms. The number of nitrogens with one attached hydrogen (secondary N) is 1. The van der Waals surface area contributed by atoms with E-state index in [2.05, 4.69) is 35.4 Å². The number of aryl methyl sites for hydroxylation is 2. The first kappa shape index (κ1) is 18.9. The number of halogens is 1. The first-order valence-electron chi connectivity index (χ1n) is 9.35. The van der Waals surface area contributed by atoms with E-state index < -0.39 is 0 Å². The van der Waals surface area contributed by atoms with Crippen LogP contribution in [0.2, 0.25) is 5.15 Å². The van der Waals surface area contributed by atoms with Crippen LogP contribution < -0.4 is 5.32 Å². The zero-order chi connectivity index (χ0) is 19.7. The smallest absolute Gasteiger partial charge is 0.261 e. The summed E-state index contributed by atoms with van der Waals surface area (Å²) in [7, 11) is 0. The lowest BCUT2D eigenvalue weighted by atomic mass is 10.1. The van der Waals surface area contributed by atoms with Crippen molar-refractivity contribution in [3.05, 3.63) is 75.8 Å². The van der Waals surface area contributed by atoms with Crippen molar-refractivity contribution in [3.63, 3.8) is 0 Å². The summed E-state index contributed by atoms with van der Waals surface area (Å²) in [6.45, 7) is 4.09. The summed E-state index contributed by atoms with van der Waals surface area (Å²) in [4.78, 5) is 17.9. The third-order valence-electron chi connectivity index (χ3n) is 4.88.